The van der Waals surface area contributed by atoms with Crippen molar-refractivity contribution >= 4 is 22.6 Å². The summed E-state index contributed by atoms with van der Waals surface area (Å²) in [4.78, 5) is 21.6. The average Bonchev–Trinajstić information content (AvgIpc) is 3.47. The molecular formula is C25H22FN7O. The average molecular weight is 455 g/mol. The Morgan fingerprint density at radius 1 is 1.15 bits per heavy atom. The third-order valence-electron chi connectivity index (χ3n) is 5.53. The summed E-state index contributed by atoms with van der Waals surface area (Å²) in [6.45, 7) is 4.59. The van der Waals surface area contributed by atoms with E-state index in [0.717, 1.165) is 11.1 Å². The van der Waals surface area contributed by atoms with Crippen LogP contribution in [0.5, 0.6) is 0 Å². The van der Waals surface area contributed by atoms with Crippen LogP contribution in [0.2, 0.25) is 0 Å². The number of pyridine rings is 2. The van der Waals surface area contributed by atoms with Gasteiger partial charge in [0.25, 0.3) is 5.91 Å². The maximum Gasteiger partial charge on any atom is 0.259 e. The molecule has 1 N–H and O–H groups in total. The monoisotopic (exact) mass is 455 g/mol. The molecule has 9 heteroatoms. The molecule has 0 saturated heterocycles. The SMILES string of the molecule is CC(C)n1cnnc1-c1cccc(NC(=O)c2cc3c(ccn3Cc3cccnc3)cc2F)n1. The number of halogens is 1. The number of nitrogens with zero attached hydrogens (tertiary/aromatic N) is 6. The highest BCUT2D eigenvalue weighted by Crippen LogP contribution is 2.24. The normalized spacial score (nSPS) is 11.3. The molecule has 4 aromatic heterocycles. The van der Waals surface area contributed by atoms with Crippen LogP contribution in [-0.4, -0.2) is 35.2 Å². The second kappa shape index (κ2) is 8.86. The highest BCUT2D eigenvalue weighted by Gasteiger charge is 2.17. The van der Waals surface area contributed by atoms with Crippen LogP contribution in [0.25, 0.3) is 22.4 Å². The van der Waals surface area contributed by atoms with Crippen LogP contribution in [0.1, 0.15) is 35.8 Å². The predicted molar refractivity (Wildman–Crippen MR) is 127 cm³/mol. The minimum Gasteiger partial charge on any atom is -0.343 e. The first-order valence-electron chi connectivity index (χ1n) is 10.8. The van der Waals surface area contributed by atoms with Gasteiger partial charge in [-0.15, -0.1) is 10.2 Å². The summed E-state index contributed by atoms with van der Waals surface area (Å²) in [5, 5.41) is 11.5. The van der Waals surface area contributed by atoms with Crippen molar-refractivity contribution in [3.05, 3.63) is 90.4 Å². The van der Waals surface area contributed by atoms with E-state index in [4.69, 9.17) is 0 Å². The molecule has 0 saturated carbocycles. The number of carbonyl (C=O) groups is 1. The van der Waals surface area contributed by atoms with Gasteiger partial charge in [-0.25, -0.2) is 9.37 Å². The number of hydrogen-bond donors (Lipinski definition) is 1. The third-order valence-corrected chi connectivity index (χ3v) is 5.53. The summed E-state index contributed by atoms with van der Waals surface area (Å²) in [6.07, 6.45) is 7.00. The molecule has 0 atom stereocenters. The van der Waals surface area contributed by atoms with Crippen molar-refractivity contribution in [3.8, 4) is 11.5 Å². The molecule has 4 heterocycles. The van der Waals surface area contributed by atoms with Crippen LogP contribution in [0, 0.1) is 5.82 Å². The van der Waals surface area contributed by atoms with Crippen molar-refractivity contribution in [1.82, 2.24) is 29.3 Å². The highest BCUT2D eigenvalue weighted by atomic mass is 19.1. The molecule has 1 aromatic carbocycles. The second-order valence-electron chi connectivity index (χ2n) is 8.21. The first-order valence-corrected chi connectivity index (χ1v) is 10.8. The Bertz CT molecular complexity index is 1470. The van der Waals surface area contributed by atoms with Crippen molar-refractivity contribution in [2.75, 3.05) is 5.32 Å². The van der Waals surface area contributed by atoms with E-state index in [-0.39, 0.29) is 11.6 Å². The molecule has 8 nitrogen and oxygen atoms in total. The number of fused-ring (bicyclic) bond motifs is 1. The Kier molecular flexibility index (Phi) is 5.59. The molecule has 0 aliphatic rings. The molecule has 170 valence electrons. The number of benzene rings is 1. The van der Waals surface area contributed by atoms with Gasteiger partial charge in [0.05, 0.1) is 5.56 Å². The quantitative estimate of drug-likeness (QED) is 0.400. The van der Waals surface area contributed by atoms with Crippen molar-refractivity contribution in [2.24, 2.45) is 0 Å². The summed E-state index contributed by atoms with van der Waals surface area (Å²) in [7, 11) is 0. The standard InChI is InChI=1S/C25H22FN7O/c1-16(2)33-15-28-31-24(33)21-6-3-7-23(29-21)30-25(34)19-12-22-18(11-20(19)26)8-10-32(22)14-17-5-4-9-27-13-17/h3-13,15-16H,14H2,1-2H3,(H,29,30,34). The molecule has 0 fully saturated rings. The lowest BCUT2D eigenvalue weighted by Crippen LogP contribution is -2.15. The molecule has 0 spiro atoms. The molecule has 0 bridgehead atoms. The van der Waals surface area contributed by atoms with Crippen LogP contribution < -0.4 is 5.32 Å². The largest absolute Gasteiger partial charge is 0.343 e. The Morgan fingerprint density at radius 2 is 2.03 bits per heavy atom. The van der Waals surface area contributed by atoms with E-state index < -0.39 is 11.7 Å². The van der Waals surface area contributed by atoms with Gasteiger partial charge in [0, 0.05) is 42.1 Å². The maximum atomic E-state index is 14.8. The number of hydrogen-bond acceptors (Lipinski definition) is 5. The smallest absolute Gasteiger partial charge is 0.259 e. The van der Waals surface area contributed by atoms with Crippen LogP contribution in [-0.2, 0) is 6.54 Å². The van der Waals surface area contributed by atoms with E-state index in [1.54, 1.807) is 43.0 Å². The van der Waals surface area contributed by atoms with Gasteiger partial charge in [0.15, 0.2) is 5.82 Å². The number of anilines is 1. The first-order chi connectivity index (χ1) is 16.5. The van der Waals surface area contributed by atoms with Crippen molar-refractivity contribution in [3.63, 3.8) is 0 Å². The van der Waals surface area contributed by atoms with Crippen LogP contribution in [0.4, 0.5) is 10.2 Å². The minimum absolute atomic E-state index is 0.0591. The van der Waals surface area contributed by atoms with Crippen molar-refractivity contribution in [2.45, 2.75) is 26.4 Å². The molecule has 0 aliphatic carbocycles. The summed E-state index contributed by atoms with van der Waals surface area (Å²) < 4.78 is 18.7. The first kappa shape index (κ1) is 21.4. The van der Waals surface area contributed by atoms with Gasteiger partial charge < -0.3 is 14.5 Å². The van der Waals surface area contributed by atoms with Crippen molar-refractivity contribution < 1.29 is 9.18 Å². The summed E-state index contributed by atoms with van der Waals surface area (Å²) in [6, 6.07) is 13.9. The Labute approximate surface area is 195 Å². The molecule has 1 amide bonds. The van der Waals surface area contributed by atoms with E-state index in [1.165, 1.54) is 6.07 Å². The molecular weight excluding hydrogens is 433 g/mol. The maximum absolute atomic E-state index is 14.8. The predicted octanol–water partition coefficient (Wildman–Crippen LogP) is 4.71. The fraction of sp³-hybridized carbons (Fsp3) is 0.160. The van der Waals surface area contributed by atoms with Gasteiger partial charge in [-0.3, -0.25) is 9.78 Å². The topological polar surface area (TPSA) is 90.5 Å². The number of nitrogens with one attached hydrogen (secondary N) is 1. The number of amides is 1. The zero-order valence-electron chi connectivity index (χ0n) is 18.7. The van der Waals surface area contributed by atoms with E-state index >= 15 is 0 Å². The van der Waals surface area contributed by atoms with E-state index in [9.17, 15) is 9.18 Å². The number of aromatic nitrogens is 6. The van der Waals surface area contributed by atoms with Crippen molar-refractivity contribution in [1.29, 1.82) is 0 Å². The summed E-state index contributed by atoms with van der Waals surface area (Å²) in [5.41, 5.74) is 2.26. The Morgan fingerprint density at radius 3 is 2.82 bits per heavy atom. The number of carbonyl (C=O) groups excluding carboxylic acids is 1. The molecule has 0 aliphatic heterocycles. The number of rotatable bonds is 6. The summed E-state index contributed by atoms with van der Waals surface area (Å²) >= 11 is 0. The van der Waals surface area contributed by atoms with Gasteiger partial charge >= 0.3 is 0 Å². The second-order valence-corrected chi connectivity index (χ2v) is 8.21. The van der Waals surface area contributed by atoms with Gasteiger partial charge in [0.1, 0.15) is 23.7 Å². The third kappa shape index (κ3) is 4.15. The Hall–Kier alpha value is -4.40. The lowest BCUT2D eigenvalue weighted by molar-refractivity contribution is 0.102. The fourth-order valence-corrected chi connectivity index (χ4v) is 3.83. The van der Waals surface area contributed by atoms with Gasteiger partial charge in [-0.2, -0.15) is 0 Å². The molecule has 5 aromatic rings. The van der Waals surface area contributed by atoms with Gasteiger partial charge in [0.2, 0.25) is 0 Å². The Balaban J connectivity index is 1.43. The van der Waals surface area contributed by atoms with Crippen LogP contribution >= 0.6 is 0 Å². The minimum atomic E-state index is -0.597. The molecule has 5 rings (SSSR count). The van der Waals surface area contributed by atoms with Crippen LogP contribution in [0.15, 0.2) is 73.4 Å². The fourth-order valence-electron chi connectivity index (χ4n) is 3.83. The van der Waals surface area contributed by atoms with E-state index in [0.29, 0.717) is 29.3 Å². The zero-order valence-corrected chi connectivity index (χ0v) is 18.7. The van der Waals surface area contributed by atoms with Gasteiger partial charge in [-0.05, 0) is 55.8 Å². The van der Waals surface area contributed by atoms with E-state index in [2.05, 4.69) is 25.5 Å². The van der Waals surface area contributed by atoms with Crippen LogP contribution in [0.3, 0.4) is 0 Å². The molecule has 34 heavy (non-hydrogen) atoms. The summed E-state index contributed by atoms with van der Waals surface area (Å²) in [5.74, 6) is -0.290. The molecule has 0 unspecified atom stereocenters. The highest BCUT2D eigenvalue weighted by molar-refractivity contribution is 6.06. The van der Waals surface area contributed by atoms with E-state index in [1.807, 2.05) is 47.4 Å². The lowest BCUT2D eigenvalue weighted by Gasteiger charge is -2.11. The zero-order chi connectivity index (χ0) is 23.7. The van der Waals surface area contributed by atoms with Gasteiger partial charge in [-0.1, -0.05) is 12.1 Å². The molecule has 0 radical (unpaired) electrons. The lowest BCUT2D eigenvalue weighted by atomic mass is 10.1.